The number of hydrogen-bond acceptors (Lipinski definition) is 12. The van der Waals surface area contributed by atoms with E-state index in [-0.39, 0.29) is 0 Å². The van der Waals surface area contributed by atoms with Crippen molar-refractivity contribution in [2.24, 2.45) is 34.4 Å². The van der Waals surface area contributed by atoms with Crippen LogP contribution in [0.15, 0.2) is 0 Å². The fourth-order valence-electron chi connectivity index (χ4n) is 5.74. The van der Waals surface area contributed by atoms with Gasteiger partial charge in [0.25, 0.3) is 0 Å². The average molecular weight is 645 g/mol. The van der Waals surface area contributed by atoms with Gasteiger partial charge in [-0.25, -0.2) is 0 Å². The van der Waals surface area contributed by atoms with E-state index in [0.29, 0.717) is 30.2 Å². The van der Waals surface area contributed by atoms with E-state index in [4.69, 9.17) is 34.4 Å². The summed E-state index contributed by atoms with van der Waals surface area (Å²) in [6, 6.07) is 3.56. The maximum absolute atomic E-state index is 5.44. The first-order chi connectivity index (χ1) is 21.9. The van der Waals surface area contributed by atoms with Crippen molar-refractivity contribution in [3.05, 3.63) is 0 Å². The van der Waals surface area contributed by atoms with Crippen molar-refractivity contribution in [2.75, 3.05) is 79.0 Å². The summed E-state index contributed by atoms with van der Waals surface area (Å²) >= 11 is 0. The van der Waals surface area contributed by atoms with Crippen molar-refractivity contribution >= 4 is 0 Å². The van der Waals surface area contributed by atoms with Crippen LogP contribution < -0.4 is 66.3 Å². The Morgan fingerprint density at radius 2 is 0.867 bits per heavy atom. The van der Waals surface area contributed by atoms with Crippen molar-refractivity contribution in [1.82, 2.24) is 31.9 Å². The third kappa shape index (κ3) is 28.3. The Kier molecular flexibility index (Phi) is 33.1. The highest BCUT2D eigenvalue weighted by molar-refractivity contribution is 4.75. The van der Waals surface area contributed by atoms with Crippen LogP contribution in [-0.2, 0) is 0 Å². The minimum atomic E-state index is 0.340. The molecule has 0 aromatic carbocycles. The second-order valence-electron chi connectivity index (χ2n) is 13.1. The lowest BCUT2D eigenvalue weighted by atomic mass is 10.1. The molecule has 0 aromatic rings. The highest BCUT2D eigenvalue weighted by Crippen LogP contribution is 2.07. The van der Waals surface area contributed by atoms with Crippen LogP contribution in [0.2, 0.25) is 0 Å². The van der Waals surface area contributed by atoms with Crippen molar-refractivity contribution < 1.29 is 0 Å². The Labute approximate surface area is 278 Å². The molecule has 6 atom stereocenters. The van der Waals surface area contributed by atoms with Crippen LogP contribution in [0.25, 0.3) is 0 Å². The Balaban J connectivity index is 0.000000517. The minimum Gasteiger partial charge on any atom is -0.330 e. The molecule has 12 nitrogen and oxygen atoms in total. The third-order valence-electron chi connectivity index (χ3n) is 8.81. The van der Waals surface area contributed by atoms with Gasteiger partial charge in [0.15, 0.2) is 0 Å². The zero-order valence-corrected chi connectivity index (χ0v) is 29.6. The van der Waals surface area contributed by atoms with E-state index < -0.39 is 0 Å². The van der Waals surface area contributed by atoms with Gasteiger partial charge in [-0.15, -0.1) is 0 Å². The van der Waals surface area contributed by atoms with Crippen LogP contribution in [-0.4, -0.2) is 115 Å². The van der Waals surface area contributed by atoms with E-state index in [1.54, 1.807) is 0 Å². The zero-order valence-electron chi connectivity index (χ0n) is 29.6. The maximum Gasteiger partial charge on any atom is 0.0190 e. The third-order valence-corrected chi connectivity index (χ3v) is 8.81. The van der Waals surface area contributed by atoms with Gasteiger partial charge in [0.05, 0.1) is 0 Å². The van der Waals surface area contributed by atoms with Gasteiger partial charge in [-0.1, -0.05) is 12.8 Å². The first-order valence-electron chi connectivity index (χ1n) is 18.5. The fourth-order valence-corrected chi connectivity index (χ4v) is 5.74. The molecule has 12 heteroatoms. The molecule has 5 fully saturated rings. The summed E-state index contributed by atoms with van der Waals surface area (Å²) in [4.78, 5) is 0. The predicted molar refractivity (Wildman–Crippen MR) is 196 cm³/mol. The van der Waals surface area contributed by atoms with Gasteiger partial charge in [0, 0.05) is 62.4 Å². The number of rotatable bonds is 9. The standard InChI is InChI=1S/3C6H14N2.2C5H12N2.C5H14N2/c7-4-3-6-2-1-5-8-6;2*7-5-6-3-1-2-4-8-6;2*6-4-5-2-1-3-7-5;1-5(6)3-4-7-2/h3*6,8H,1-5,7H2;2*5,7H,1-4,6H2;5,7H,3-4,6H2,1-2H3/t3*6-;3*5-/m010101/s1. The van der Waals surface area contributed by atoms with Gasteiger partial charge in [0.1, 0.15) is 0 Å². The molecule has 18 N–H and O–H groups in total. The van der Waals surface area contributed by atoms with Gasteiger partial charge in [-0.2, -0.15) is 0 Å². The topological polar surface area (TPSA) is 228 Å². The van der Waals surface area contributed by atoms with E-state index >= 15 is 0 Å². The molecule has 5 rings (SSSR count). The lowest BCUT2D eigenvalue weighted by Crippen LogP contribution is -2.39. The zero-order chi connectivity index (χ0) is 33.4. The van der Waals surface area contributed by atoms with Gasteiger partial charge < -0.3 is 66.3 Å². The van der Waals surface area contributed by atoms with Crippen LogP contribution >= 0.6 is 0 Å². The number of nitrogens with one attached hydrogen (secondary N) is 6. The first kappa shape index (κ1) is 44.5. The molecule has 0 amide bonds. The van der Waals surface area contributed by atoms with Crippen LogP contribution in [0.1, 0.15) is 96.8 Å². The largest absolute Gasteiger partial charge is 0.330 e. The van der Waals surface area contributed by atoms with Crippen LogP contribution in [0.3, 0.4) is 0 Å². The Hall–Kier alpha value is -0.480. The van der Waals surface area contributed by atoms with Crippen LogP contribution in [0.5, 0.6) is 0 Å². The quantitative estimate of drug-likeness (QED) is 0.154. The van der Waals surface area contributed by atoms with Crippen molar-refractivity contribution in [1.29, 1.82) is 0 Å². The van der Waals surface area contributed by atoms with Gasteiger partial charge in [-0.3, -0.25) is 0 Å². The summed E-state index contributed by atoms with van der Waals surface area (Å²) in [5, 5.41) is 19.6. The molecule has 5 heterocycles. The predicted octanol–water partition coefficient (Wildman–Crippen LogP) is -0.401. The van der Waals surface area contributed by atoms with E-state index in [1.165, 1.54) is 110 Å². The summed E-state index contributed by atoms with van der Waals surface area (Å²) in [5.41, 5.74) is 32.4. The summed E-state index contributed by atoms with van der Waals surface area (Å²) in [6.07, 6.45) is 18.0. The number of piperidine rings is 2. The second-order valence-corrected chi connectivity index (χ2v) is 13.1. The molecule has 5 aliphatic heterocycles. The molecular formula is C33H80N12. The molecule has 5 aliphatic rings. The second kappa shape index (κ2) is 33.4. The number of hydrogen-bond donors (Lipinski definition) is 12. The van der Waals surface area contributed by atoms with E-state index in [2.05, 4.69) is 31.9 Å². The Morgan fingerprint density at radius 1 is 0.533 bits per heavy atom. The Bertz CT molecular complexity index is 522. The summed E-state index contributed by atoms with van der Waals surface area (Å²) in [6.45, 7) is 13.0. The highest BCUT2D eigenvalue weighted by Gasteiger charge is 2.12. The molecule has 0 aliphatic carbocycles. The summed E-state index contributed by atoms with van der Waals surface area (Å²) in [5.74, 6) is 0. The fraction of sp³-hybridized carbons (Fsp3) is 1.00. The molecule has 0 saturated carbocycles. The van der Waals surface area contributed by atoms with E-state index in [0.717, 1.165) is 58.2 Å². The Morgan fingerprint density at radius 3 is 1.07 bits per heavy atom. The summed E-state index contributed by atoms with van der Waals surface area (Å²) in [7, 11) is 1.93. The average Bonchev–Trinajstić information content (AvgIpc) is 3.91. The van der Waals surface area contributed by atoms with Gasteiger partial charge >= 0.3 is 0 Å². The summed E-state index contributed by atoms with van der Waals surface area (Å²) < 4.78 is 0. The van der Waals surface area contributed by atoms with E-state index in [9.17, 15) is 0 Å². The highest BCUT2D eigenvalue weighted by atomic mass is 15.0. The van der Waals surface area contributed by atoms with Gasteiger partial charge in [0.2, 0.25) is 0 Å². The normalized spacial score (nSPS) is 27.9. The van der Waals surface area contributed by atoms with Crippen molar-refractivity contribution in [2.45, 2.75) is 133 Å². The number of nitrogens with two attached hydrogens (primary N) is 6. The lowest BCUT2D eigenvalue weighted by molar-refractivity contribution is 0.407. The SMILES string of the molecule is CNCC[C@@H](C)N.NCC[C@@H]1CCCN1.NC[C@@H]1CCCCN1.NC[C@@H]1CCCN1.NC[C@H]1CCCCN1.NC[C@H]1CCCN1. The first-order valence-corrected chi connectivity index (χ1v) is 18.5. The smallest absolute Gasteiger partial charge is 0.0190 e. The molecule has 0 unspecified atom stereocenters. The molecule has 0 radical (unpaired) electrons. The molecule has 45 heavy (non-hydrogen) atoms. The van der Waals surface area contributed by atoms with Gasteiger partial charge in [-0.05, 0) is 137 Å². The minimum absolute atomic E-state index is 0.340. The maximum atomic E-state index is 5.44. The van der Waals surface area contributed by atoms with E-state index in [1.807, 2.05) is 14.0 Å². The molecule has 0 bridgehead atoms. The molecular weight excluding hydrogens is 564 g/mol. The monoisotopic (exact) mass is 645 g/mol. The molecule has 0 spiro atoms. The van der Waals surface area contributed by atoms with Crippen LogP contribution in [0, 0.1) is 0 Å². The van der Waals surface area contributed by atoms with Crippen molar-refractivity contribution in [3.63, 3.8) is 0 Å². The molecule has 0 aromatic heterocycles. The molecule has 272 valence electrons. The molecule has 5 saturated heterocycles. The van der Waals surface area contributed by atoms with Crippen LogP contribution in [0.4, 0.5) is 0 Å². The van der Waals surface area contributed by atoms with Crippen molar-refractivity contribution in [3.8, 4) is 0 Å². The lowest BCUT2D eigenvalue weighted by Gasteiger charge is -2.21.